The highest BCUT2D eigenvalue weighted by Gasteiger charge is 2.12. The minimum absolute atomic E-state index is 0.0204. The maximum atomic E-state index is 12.1. The summed E-state index contributed by atoms with van der Waals surface area (Å²) in [5.41, 5.74) is 1.42. The molecule has 1 amide bonds. The van der Waals surface area contributed by atoms with Crippen LogP contribution >= 0.6 is 0 Å². The number of nitrogens with zero attached hydrogens (tertiary/aromatic N) is 1. The Morgan fingerprint density at radius 3 is 2.39 bits per heavy atom. The number of amides is 1. The Hall–Kier alpha value is -3.70. The van der Waals surface area contributed by atoms with Crippen LogP contribution in [0.3, 0.4) is 0 Å². The maximum Gasteiger partial charge on any atom is 0.262 e. The molecule has 0 aromatic heterocycles. The number of hydrogen-bond acceptors (Lipinski definition) is 7. The summed E-state index contributed by atoms with van der Waals surface area (Å²) >= 11 is 0. The van der Waals surface area contributed by atoms with E-state index in [0.29, 0.717) is 41.7 Å². The van der Waals surface area contributed by atoms with E-state index in [1.165, 1.54) is 20.3 Å². The van der Waals surface area contributed by atoms with Gasteiger partial charge in [-0.1, -0.05) is 6.07 Å². The second-order valence-electron chi connectivity index (χ2n) is 6.30. The average Bonchev–Trinajstić information content (AvgIpc) is 2.81. The van der Waals surface area contributed by atoms with Crippen LogP contribution in [0.5, 0.6) is 23.0 Å². The van der Waals surface area contributed by atoms with Crippen molar-refractivity contribution in [2.45, 2.75) is 6.61 Å². The first-order chi connectivity index (χ1) is 15.1. The third-order valence-corrected chi connectivity index (χ3v) is 4.33. The molecule has 0 unspecified atom stereocenters. The van der Waals surface area contributed by atoms with Crippen LogP contribution in [0, 0.1) is 11.3 Å². The second-order valence-corrected chi connectivity index (χ2v) is 6.30. The van der Waals surface area contributed by atoms with Gasteiger partial charge in [-0.3, -0.25) is 4.79 Å². The summed E-state index contributed by atoms with van der Waals surface area (Å²) < 4.78 is 26.9. The van der Waals surface area contributed by atoms with Gasteiger partial charge in [-0.15, -0.1) is 0 Å². The molecule has 2 aromatic rings. The summed E-state index contributed by atoms with van der Waals surface area (Å²) in [6, 6.07) is 12.5. The van der Waals surface area contributed by atoms with Gasteiger partial charge >= 0.3 is 0 Å². The number of hydrogen-bond donors (Lipinski definition) is 1. The first-order valence-electron chi connectivity index (χ1n) is 9.47. The minimum atomic E-state index is -0.469. The number of ether oxygens (including phenoxy) is 5. The van der Waals surface area contributed by atoms with Crippen molar-refractivity contribution in [3.63, 3.8) is 0 Å². The smallest absolute Gasteiger partial charge is 0.262 e. The topological polar surface area (TPSA) is 99.0 Å². The van der Waals surface area contributed by atoms with Gasteiger partial charge in [0.05, 0.1) is 27.9 Å². The van der Waals surface area contributed by atoms with E-state index in [2.05, 4.69) is 5.32 Å². The summed E-state index contributed by atoms with van der Waals surface area (Å²) in [4.78, 5) is 12.1. The predicted octanol–water partition coefficient (Wildman–Crippen LogP) is 2.96. The van der Waals surface area contributed by atoms with Crippen LogP contribution in [-0.4, -0.2) is 47.5 Å². The molecular formula is C23H26N2O6. The van der Waals surface area contributed by atoms with Crippen molar-refractivity contribution in [3.05, 3.63) is 53.1 Å². The van der Waals surface area contributed by atoms with E-state index in [1.54, 1.807) is 32.4 Å². The summed E-state index contributed by atoms with van der Waals surface area (Å²) in [6.45, 7) is 0.915. The SMILES string of the molecule is COCCNC(=O)/C(C#N)=C/c1ccc(OCc2cc(OC)ccc2OC)c(OC)c1. The van der Waals surface area contributed by atoms with Gasteiger partial charge in [0, 0.05) is 19.2 Å². The van der Waals surface area contributed by atoms with Gasteiger partial charge in [0.25, 0.3) is 5.91 Å². The van der Waals surface area contributed by atoms with Crippen molar-refractivity contribution in [3.8, 4) is 29.1 Å². The summed E-state index contributed by atoms with van der Waals surface area (Å²) in [7, 11) is 6.23. The number of nitrogens with one attached hydrogen (secondary N) is 1. The van der Waals surface area contributed by atoms with Crippen molar-refractivity contribution in [2.24, 2.45) is 0 Å². The van der Waals surface area contributed by atoms with E-state index in [9.17, 15) is 10.1 Å². The molecule has 0 spiro atoms. The Morgan fingerprint density at radius 1 is 1.00 bits per heavy atom. The highest BCUT2D eigenvalue weighted by molar-refractivity contribution is 6.01. The van der Waals surface area contributed by atoms with Gasteiger partial charge in [0.1, 0.15) is 29.7 Å². The molecule has 8 heteroatoms. The molecule has 164 valence electrons. The monoisotopic (exact) mass is 426 g/mol. The quantitative estimate of drug-likeness (QED) is 0.335. The highest BCUT2D eigenvalue weighted by Crippen LogP contribution is 2.31. The summed E-state index contributed by atoms with van der Waals surface area (Å²) in [5, 5.41) is 11.9. The van der Waals surface area contributed by atoms with E-state index in [1.807, 2.05) is 24.3 Å². The number of carbonyl (C=O) groups is 1. The van der Waals surface area contributed by atoms with Crippen LogP contribution < -0.4 is 24.3 Å². The molecule has 1 N–H and O–H groups in total. The van der Waals surface area contributed by atoms with E-state index >= 15 is 0 Å². The molecule has 0 saturated carbocycles. The predicted molar refractivity (Wildman–Crippen MR) is 115 cm³/mol. The Bertz CT molecular complexity index is 965. The Kier molecular flexibility index (Phi) is 9.20. The fraction of sp³-hybridized carbons (Fsp3) is 0.304. The van der Waals surface area contributed by atoms with E-state index < -0.39 is 5.91 Å². The molecule has 0 radical (unpaired) electrons. The van der Waals surface area contributed by atoms with Crippen LogP contribution in [0.4, 0.5) is 0 Å². The molecule has 0 heterocycles. The van der Waals surface area contributed by atoms with Gasteiger partial charge in [-0.2, -0.15) is 5.26 Å². The number of rotatable bonds is 11. The fourth-order valence-corrected chi connectivity index (χ4v) is 2.72. The lowest BCUT2D eigenvalue weighted by atomic mass is 10.1. The zero-order valence-corrected chi connectivity index (χ0v) is 18.1. The van der Waals surface area contributed by atoms with Gasteiger partial charge < -0.3 is 29.0 Å². The van der Waals surface area contributed by atoms with Crippen LogP contribution in [-0.2, 0) is 16.1 Å². The molecular weight excluding hydrogens is 400 g/mol. The molecule has 0 saturated heterocycles. The Balaban J connectivity index is 2.18. The molecule has 0 aliphatic rings. The van der Waals surface area contributed by atoms with Crippen molar-refractivity contribution < 1.29 is 28.5 Å². The molecule has 2 aromatic carbocycles. The molecule has 0 bridgehead atoms. The number of benzene rings is 2. The second kappa shape index (κ2) is 12.1. The fourth-order valence-electron chi connectivity index (χ4n) is 2.72. The van der Waals surface area contributed by atoms with Crippen molar-refractivity contribution >= 4 is 12.0 Å². The van der Waals surface area contributed by atoms with E-state index in [4.69, 9.17) is 23.7 Å². The van der Waals surface area contributed by atoms with Crippen LogP contribution in [0.1, 0.15) is 11.1 Å². The van der Waals surface area contributed by atoms with E-state index in [0.717, 1.165) is 5.56 Å². The van der Waals surface area contributed by atoms with Crippen molar-refractivity contribution in [1.82, 2.24) is 5.32 Å². The third-order valence-electron chi connectivity index (χ3n) is 4.33. The molecule has 8 nitrogen and oxygen atoms in total. The lowest BCUT2D eigenvalue weighted by Crippen LogP contribution is -2.27. The third kappa shape index (κ3) is 6.66. The summed E-state index contributed by atoms with van der Waals surface area (Å²) in [6.07, 6.45) is 1.49. The average molecular weight is 426 g/mol. The Morgan fingerprint density at radius 2 is 1.74 bits per heavy atom. The highest BCUT2D eigenvalue weighted by atomic mass is 16.5. The van der Waals surface area contributed by atoms with Gasteiger partial charge in [0.2, 0.25) is 0 Å². The van der Waals surface area contributed by atoms with Crippen molar-refractivity contribution in [1.29, 1.82) is 5.26 Å². The van der Waals surface area contributed by atoms with E-state index in [-0.39, 0.29) is 12.2 Å². The lowest BCUT2D eigenvalue weighted by Gasteiger charge is -2.14. The summed E-state index contributed by atoms with van der Waals surface area (Å²) in [5.74, 6) is 1.88. The largest absolute Gasteiger partial charge is 0.497 e. The molecule has 2 rings (SSSR count). The zero-order valence-electron chi connectivity index (χ0n) is 18.1. The maximum absolute atomic E-state index is 12.1. The number of nitriles is 1. The lowest BCUT2D eigenvalue weighted by molar-refractivity contribution is -0.117. The van der Waals surface area contributed by atoms with Gasteiger partial charge in [0.15, 0.2) is 11.5 Å². The zero-order chi connectivity index (χ0) is 22.6. The van der Waals surface area contributed by atoms with Crippen LogP contribution in [0.25, 0.3) is 6.08 Å². The van der Waals surface area contributed by atoms with Crippen LogP contribution in [0.15, 0.2) is 42.0 Å². The number of methoxy groups -OCH3 is 4. The molecule has 0 atom stereocenters. The molecule has 31 heavy (non-hydrogen) atoms. The molecule has 0 aliphatic heterocycles. The molecule has 0 fully saturated rings. The van der Waals surface area contributed by atoms with Gasteiger partial charge in [-0.05, 0) is 42.0 Å². The van der Waals surface area contributed by atoms with Crippen LogP contribution in [0.2, 0.25) is 0 Å². The van der Waals surface area contributed by atoms with Gasteiger partial charge in [-0.25, -0.2) is 0 Å². The Labute approximate surface area is 181 Å². The molecule has 0 aliphatic carbocycles. The van der Waals surface area contributed by atoms with Crippen molar-refractivity contribution in [2.75, 3.05) is 41.6 Å². The minimum Gasteiger partial charge on any atom is -0.497 e. The number of carbonyl (C=O) groups excluding carboxylic acids is 1. The normalized spacial score (nSPS) is 10.7. The first kappa shape index (κ1) is 23.6. The standard InChI is InChI=1S/C23H26N2O6/c1-27-10-9-25-23(26)17(14-24)11-16-5-7-21(22(12-16)30-4)31-15-18-13-19(28-2)6-8-20(18)29-3/h5-8,11-13H,9-10,15H2,1-4H3,(H,25,26)/b17-11+. The first-order valence-corrected chi connectivity index (χ1v) is 9.47.